The highest BCUT2D eigenvalue weighted by atomic mass is 16.1. The molecular formula is C12H21N3O. The van der Waals surface area contributed by atoms with Gasteiger partial charge in [0.15, 0.2) is 0 Å². The van der Waals surface area contributed by atoms with Crippen LogP contribution in [0.25, 0.3) is 0 Å². The average Bonchev–Trinajstić information content (AvgIpc) is 2.77. The largest absolute Gasteiger partial charge is 0.356 e. The summed E-state index contributed by atoms with van der Waals surface area (Å²) in [7, 11) is 0. The van der Waals surface area contributed by atoms with Gasteiger partial charge in [-0.15, -0.1) is 0 Å². The highest BCUT2D eigenvalue weighted by Crippen LogP contribution is 2.04. The van der Waals surface area contributed by atoms with Gasteiger partial charge >= 0.3 is 0 Å². The summed E-state index contributed by atoms with van der Waals surface area (Å²) in [5.74, 6) is 1.28. The van der Waals surface area contributed by atoms with Crippen molar-refractivity contribution < 1.29 is 4.79 Å². The van der Waals surface area contributed by atoms with E-state index in [0.717, 1.165) is 38.1 Å². The van der Waals surface area contributed by atoms with Crippen molar-refractivity contribution in [1.29, 1.82) is 0 Å². The van der Waals surface area contributed by atoms with Crippen molar-refractivity contribution >= 4 is 5.91 Å². The molecule has 0 saturated carbocycles. The number of carbonyl (C=O) groups is 1. The van der Waals surface area contributed by atoms with Gasteiger partial charge in [0.1, 0.15) is 5.82 Å². The number of hydrogen-bond donors (Lipinski definition) is 2. The van der Waals surface area contributed by atoms with Crippen LogP contribution < -0.4 is 5.32 Å². The maximum atomic E-state index is 11.6. The van der Waals surface area contributed by atoms with Gasteiger partial charge in [-0.25, -0.2) is 4.98 Å². The summed E-state index contributed by atoms with van der Waals surface area (Å²) in [6, 6.07) is 0. The Kier molecular flexibility index (Phi) is 5.61. The van der Waals surface area contributed by atoms with Crippen LogP contribution in [0.4, 0.5) is 0 Å². The predicted molar refractivity (Wildman–Crippen MR) is 64.0 cm³/mol. The van der Waals surface area contributed by atoms with E-state index in [4.69, 9.17) is 0 Å². The number of H-pyrrole nitrogens is 1. The standard InChI is InChI=1S/C12H21N3O/c1-3-5-10(2)12(16)15-7-4-6-11-13-8-9-14-11/h8-10H,3-7H2,1-2H3,(H,13,14)(H,15,16). The fourth-order valence-corrected chi connectivity index (χ4v) is 1.64. The van der Waals surface area contributed by atoms with Crippen molar-refractivity contribution in [2.24, 2.45) is 5.92 Å². The quantitative estimate of drug-likeness (QED) is 0.694. The molecule has 1 aromatic rings. The maximum Gasteiger partial charge on any atom is 0.222 e. The van der Waals surface area contributed by atoms with Gasteiger partial charge in [0, 0.05) is 31.3 Å². The highest BCUT2D eigenvalue weighted by Gasteiger charge is 2.10. The topological polar surface area (TPSA) is 57.8 Å². The first kappa shape index (κ1) is 12.7. The zero-order chi connectivity index (χ0) is 11.8. The van der Waals surface area contributed by atoms with Crippen LogP contribution in [0.5, 0.6) is 0 Å². The average molecular weight is 223 g/mol. The first-order valence-corrected chi connectivity index (χ1v) is 6.00. The van der Waals surface area contributed by atoms with Crippen LogP contribution in [-0.4, -0.2) is 22.4 Å². The highest BCUT2D eigenvalue weighted by molar-refractivity contribution is 5.78. The molecule has 0 saturated heterocycles. The van der Waals surface area contributed by atoms with E-state index >= 15 is 0 Å². The van der Waals surface area contributed by atoms with Crippen molar-refractivity contribution in [1.82, 2.24) is 15.3 Å². The third kappa shape index (κ3) is 4.47. The van der Waals surface area contributed by atoms with E-state index < -0.39 is 0 Å². The monoisotopic (exact) mass is 223 g/mol. The molecule has 4 nitrogen and oxygen atoms in total. The van der Waals surface area contributed by atoms with Gasteiger partial charge in [0.2, 0.25) is 5.91 Å². The zero-order valence-corrected chi connectivity index (χ0v) is 10.1. The lowest BCUT2D eigenvalue weighted by Gasteiger charge is -2.10. The normalized spacial score (nSPS) is 12.4. The molecule has 0 aliphatic rings. The summed E-state index contributed by atoms with van der Waals surface area (Å²) in [5, 5.41) is 2.95. The molecule has 1 unspecified atom stereocenters. The first-order chi connectivity index (χ1) is 7.74. The van der Waals surface area contributed by atoms with E-state index in [-0.39, 0.29) is 11.8 Å². The summed E-state index contributed by atoms with van der Waals surface area (Å²) in [5.41, 5.74) is 0. The molecule has 1 heterocycles. The van der Waals surface area contributed by atoms with Crippen LogP contribution in [0.3, 0.4) is 0 Å². The maximum absolute atomic E-state index is 11.6. The minimum atomic E-state index is 0.133. The summed E-state index contributed by atoms with van der Waals surface area (Å²) >= 11 is 0. The number of aryl methyl sites for hydroxylation is 1. The van der Waals surface area contributed by atoms with Crippen LogP contribution in [0.1, 0.15) is 38.9 Å². The van der Waals surface area contributed by atoms with Crippen molar-refractivity contribution in [3.8, 4) is 0 Å². The van der Waals surface area contributed by atoms with E-state index in [0.29, 0.717) is 0 Å². The first-order valence-electron chi connectivity index (χ1n) is 6.00. The Balaban J connectivity index is 2.08. The minimum absolute atomic E-state index is 0.133. The zero-order valence-electron chi connectivity index (χ0n) is 10.1. The van der Waals surface area contributed by atoms with Crippen molar-refractivity contribution in [3.05, 3.63) is 18.2 Å². The van der Waals surface area contributed by atoms with Crippen LogP contribution >= 0.6 is 0 Å². The van der Waals surface area contributed by atoms with Crippen molar-refractivity contribution in [2.45, 2.75) is 39.5 Å². The number of imidazole rings is 1. The van der Waals surface area contributed by atoms with E-state index in [9.17, 15) is 4.79 Å². The molecule has 1 aromatic heterocycles. The fourth-order valence-electron chi connectivity index (χ4n) is 1.64. The lowest BCUT2D eigenvalue weighted by atomic mass is 10.1. The Bertz CT molecular complexity index is 295. The summed E-state index contributed by atoms with van der Waals surface area (Å²) < 4.78 is 0. The van der Waals surface area contributed by atoms with E-state index in [1.165, 1.54) is 0 Å². The molecule has 0 bridgehead atoms. The molecule has 0 aliphatic heterocycles. The number of aromatic nitrogens is 2. The lowest BCUT2D eigenvalue weighted by molar-refractivity contribution is -0.124. The number of nitrogens with one attached hydrogen (secondary N) is 2. The third-order valence-corrected chi connectivity index (χ3v) is 2.61. The molecule has 4 heteroatoms. The second-order valence-electron chi connectivity index (χ2n) is 4.12. The van der Waals surface area contributed by atoms with Crippen LogP contribution in [0, 0.1) is 5.92 Å². The van der Waals surface area contributed by atoms with Gasteiger partial charge in [-0.2, -0.15) is 0 Å². The Hall–Kier alpha value is -1.32. The van der Waals surface area contributed by atoms with Gasteiger partial charge in [-0.3, -0.25) is 4.79 Å². The van der Waals surface area contributed by atoms with Crippen molar-refractivity contribution in [2.75, 3.05) is 6.54 Å². The molecule has 0 radical (unpaired) electrons. The number of carbonyl (C=O) groups excluding carboxylic acids is 1. The fraction of sp³-hybridized carbons (Fsp3) is 0.667. The van der Waals surface area contributed by atoms with Gasteiger partial charge < -0.3 is 10.3 Å². The molecule has 1 rings (SSSR count). The Morgan fingerprint density at radius 2 is 2.44 bits per heavy atom. The van der Waals surface area contributed by atoms with Crippen LogP contribution in [-0.2, 0) is 11.2 Å². The molecular weight excluding hydrogens is 202 g/mol. The van der Waals surface area contributed by atoms with E-state index in [2.05, 4.69) is 22.2 Å². The number of amides is 1. The summed E-state index contributed by atoms with van der Waals surface area (Å²) in [6.45, 7) is 4.81. The Morgan fingerprint density at radius 3 is 3.06 bits per heavy atom. The molecule has 16 heavy (non-hydrogen) atoms. The van der Waals surface area contributed by atoms with Gasteiger partial charge in [-0.05, 0) is 12.8 Å². The summed E-state index contributed by atoms with van der Waals surface area (Å²) in [4.78, 5) is 18.7. The smallest absolute Gasteiger partial charge is 0.222 e. The lowest BCUT2D eigenvalue weighted by Crippen LogP contribution is -2.30. The van der Waals surface area contributed by atoms with Gasteiger partial charge in [-0.1, -0.05) is 20.3 Å². The van der Waals surface area contributed by atoms with E-state index in [1.807, 2.05) is 13.1 Å². The predicted octanol–water partition coefficient (Wildman–Crippen LogP) is 1.89. The SMILES string of the molecule is CCCC(C)C(=O)NCCCc1ncc[nH]1. The second-order valence-corrected chi connectivity index (χ2v) is 4.12. The molecule has 1 amide bonds. The molecule has 0 aromatic carbocycles. The molecule has 2 N–H and O–H groups in total. The van der Waals surface area contributed by atoms with E-state index in [1.54, 1.807) is 6.20 Å². The van der Waals surface area contributed by atoms with Crippen LogP contribution in [0.2, 0.25) is 0 Å². The molecule has 1 atom stereocenters. The Labute approximate surface area is 96.9 Å². The molecule has 0 spiro atoms. The molecule has 0 fully saturated rings. The number of hydrogen-bond acceptors (Lipinski definition) is 2. The van der Waals surface area contributed by atoms with Gasteiger partial charge in [0.05, 0.1) is 0 Å². The number of rotatable bonds is 7. The molecule has 90 valence electrons. The Morgan fingerprint density at radius 1 is 1.62 bits per heavy atom. The minimum Gasteiger partial charge on any atom is -0.356 e. The third-order valence-electron chi connectivity index (χ3n) is 2.61. The second kappa shape index (κ2) is 7.04. The summed E-state index contributed by atoms with van der Waals surface area (Å²) in [6.07, 6.45) is 7.40. The van der Waals surface area contributed by atoms with Crippen molar-refractivity contribution in [3.63, 3.8) is 0 Å². The molecule has 0 aliphatic carbocycles. The van der Waals surface area contributed by atoms with Crippen LogP contribution in [0.15, 0.2) is 12.4 Å². The van der Waals surface area contributed by atoms with Gasteiger partial charge in [0.25, 0.3) is 0 Å². The number of aromatic amines is 1. The number of nitrogens with zero attached hydrogens (tertiary/aromatic N) is 1.